The summed E-state index contributed by atoms with van der Waals surface area (Å²) in [5, 5.41) is 6.79. The maximum Gasteiger partial charge on any atom is 0.415 e. The molecule has 3 fully saturated rings. The van der Waals surface area contributed by atoms with Crippen molar-refractivity contribution < 1.29 is 28.6 Å². The number of thioether (sulfide) groups is 1. The highest BCUT2D eigenvalue weighted by atomic mass is 32.2. The third kappa shape index (κ3) is 7.03. The number of nitrogens with zero attached hydrogens (tertiary/aromatic N) is 4. The normalized spacial score (nSPS) is 28.8. The highest BCUT2D eigenvalue weighted by Gasteiger charge is 2.39. The summed E-state index contributed by atoms with van der Waals surface area (Å²) in [4.78, 5) is 50.2. The zero-order chi connectivity index (χ0) is 33.3. The lowest BCUT2D eigenvalue weighted by molar-refractivity contribution is -0.129. The van der Waals surface area contributed by atoms with Crippen LogP contribution in [0.1, 0.15) is 95.7 Å². The van der Waals surface area contributed by atoms with E-state index in [9.17, 15) is 14.4 Å². The minimum Gasteiger partial charge on any atom is -0.459 e. The summed E-state index contributed by atoms with van der Waals surface area (Å²) in [7, 11) is 0. The molecule has 2 aromatic rings. The zero-order valence-electron chi connectivity index (χ0n) is 28.1. The van der Waals surface area contributed by atoms with Crippen molar-refractivity contribution in [1.82, 2.24) is 24.8 Å². The van der Waals surface area contributed by atoms with Gasteiger partial charge in [-0.05, 0) is 56.1 Å². The Balaban J connectivity index is 1.51. The molecule has 5 unspecified atom stereocenters. The molecule has 2 saturated carbocycles. The molecule has 2 aliphatic carbocycles. The van der Waals surface area contributed by atoms with E-state index in [1.165, 1.54) is 9.42 Å². The largest absolute Gasteiger partial charge is 0.459 e. The minimum atomic E-state index is -0.644. The molecule has 2 N–H and O–H groups in total. The number of nitrogens with one attached hydrogen (secondary N) is 2. The average molecular weight is 657 g/mol. The molecule has 3 heterocycles. The lowest BCUT2D eigenvalue weighted by atomic mass is 9.75. The SMILES string of the molecule is [C-]#[N+]c1c(C(=O)OC2C(C)CC(C)CC2C)c2nc(C3CCC(SC)C(NC(=O)C(C)(C)C)C3)[nH]n2c1OC(=O)N1CCOCC1. The van der Waals surface area contributed by atoms with Gasteiger partial charge in [-0.3, -0.25) is 9.89 Å². The Morgan fingerprint density at radius 1 is 1.09 bits per heavy atom. The second-order valence-corrected chi connectivity index (χ2v) is 15.5. The number of ether oxygens (including phenoxy) is 3. The molecule has 3 aliphatic rings. The first-order valence-electron chi connectivity index (χ1n) is 16.4. The summed E-state index contributed by atoms with van der Waals surface area (Å²) in [5.41, 5.74) is -0.436. The molecular weight excluding hydrogens is 608 g/mol. The standard InChI is InChI=1S/C33H48N6O6S/c1-18-15-19(2)26(20(3)16-18)44-30(40)24-25(34-7)29(45-32(42)38-11-13-43-14-12-38)39-28(24)36-27(37-39)21-9-10-23(46-8)22(17-21)35-31(41)33(4,5)6/h18-23,26H,9-17H2,1-6,8H3,(H,35,41)(H,36,37). The van der Waals surface area contributed by atoms with Crippen LogP contribution in [0, 0.1) is 29.7 Å². The van der Waals surface area contributed by atoms with Gasteiger partial charge in [-0.2, -0.15) is 11.8 Å². The first-order valence-corrected chi connectivity index (χ1v) is 17.7. The molecule has 46 heavy (non-hydrogen) atoms. The van der Waals surface area contributed by atoms with Crippen molar-refractivity contribution >= 4 is 41.1 Å². The molecule has 12 nitrogen and oxygen atoms in total. The summed E-state index contributed by atoms with van der Waals surface area (Å²) in [6.45, 7) is 21.6. The molecule has 2 aromatic heterocycles. The van der Waals surface area contributed by atoms with Crippen LogP contribution in [-0.4, -0.2) is 87.4 Å². The fourth-order valence-corrected chi connectivity index (χ4v) is 8.15. The minimum absolute atomic E-state index is 0.00400. The van der Waals surface area contributed by atoms with Crippen LogP contribution in [0.15, 0.2) is 0 Å². The van der Waals surface area contributed by atoms with E-state index < -0.39 is 17.5 Å². The average Bonchev–Trinajstić information content (AvgIpc) is 3.56. The Bertz CT molecular complexity index is 1470. The maximum absolute atomic E-state index is 14.0. The van der Waals surface area contributed by atoms with Gasteiger partial charge in [0.15, 0.2) is 5.65 Å². The number of esters is 1. The Hall–Kier alpha value is -3.24. The van der Waals surface area contributed by atoms with Gasteiger partial charge in [0.25, 0.3) is 5.69 Å². The summed E-state index contributed by atoms with van der Waals surface area (Å²) < 4.78 is 18.8. The van der Waals surface area contributed by atoms with Gasteiger partial charge in [0.2, 0.25) is 11.8 Å². The fourth-order valence-electron chi connectivity index (χ4n) is 7.27. The number of carbonyl (C=O) groups is 3. The van der Waals surface area contributed by atoms with E-state index >= 15 is 0 Å². The van der Waals surface area contributed by atoms with E-state index in [0.29, 0.717) is 44.5 Å². The maximum atomic E-state index is 14.0. The van der Waals surface area contributed by atoms with Gasteiger partial charge >= 0.3 is 12.1 Å². The molecule has 13 heteroatoms. The van der Waals surface area contributed by atoms with Crippen LogP contribution in [0.2, 0.25) is 0 Å². The number of hydrogen-bond donors (Lipinski definition) is 2. The van der Waals surface area contributed by atoms with Gasteiger partial charge in [0, 0.05) is 35.7 Å². The first kappa shape index (κ1) is 34.1. The summed E-state index contributed by atoms with van der Waals surface area (Å²) in [5.74, 6) is 0.682. The van der Waals surface area contributed by atoms with Gasteiger partial charge in [-0.1, -0.05) is 41.5 Å². The summed E-state index contributed by atoms with van der Waals surface area (Å²) >= 11 is 1.75. The molecule has 2 amide bonds. The number of rotatable bonds is 6. The number of amides is 2. The third-order valence-electron chi connectivity index (χ3n) is 9.69. The van der Waals surface area contributed by atoms with Crippen LogP contribution in [0.3, 0.4) is 0 Å². The fraction of sp³-hybridized carbons (Fsp3) is 0.727. The van der Waals surface area contributed by atoms with E-state index in [1.807, 2.05) is 20.8 Å². The van der Waals surface area contributed by atoms with Gasteiger partial charge in [0.05, 0.1) is 19.8 Å². The van der Waals surface area contributed by atoms with Crippen molar-refractivity contribution in [1.29, 1.82) is 0 Å². The second-order valence-electron chi connectivity index (χ2n) is 14.4. The van der Waals surface area contributed by atoms with Gasteiger partial charge < -0.3 is 24.4 Å². The topological polar surface area (TPSA) is 132 Å². The smallest absolute Gasteiger partial charge is 0.415 e. The van der Waals surface area contributed by atoms with E-state index in [2.05, 4.69) is 42.3 Å². The number of hydrogen-bond acceptors (Lipinski definition) is 8. The molecule has 252 valence electrons. The van der Waals surface area contributed by atoms with Gasteiger partial charge in [-0.15, -0.1) is 0 Å². The number of fused-ring (bicyclic) bond motifs is 1. The number of H-pyrrole nitrogens is 1. The van der Waals surface area contributed by atoms with Crippen LogP contribution >= 0.6 is 11.8 Å². The lowest BCUT2D eigenvalue weighted by Crippen LogP contribution is -2.49. The van der Waals surface area contributed by atoms with Crippen molar-refractivity contribution in [3.63, 3.8) is 0 Å². The van der Waals surface area contributed by atoms with Gasteiger partial charge in [0.1, 0.15) is 17.5 Å². The highest BCUT2D eigenvalue weighted by Crippen LogP contribution is 2.42. The van der Waals surface area contributed by atoms with E-state index in [4.69, 9.17) is 25.8 Å². The Labute approximate surface area is 275 Å². The van der Waals surface area contributed by atoms with Crippen LogP contribution in [0.4, 0.5) is 10.5 Å². The molecule has 0 radical (unpaired) electrons. The van der Waals surface area contributed by atoms with Crippen molar-refractivity contribution in [3.05, 3.63) is 22.8 Å². The molecule has 1 aliphatic heterocycles. The Morgan fingerprint density at radius 2 is 1.76 bits per heavy atom. The van der Waals surface area contributed by atoms with Crippen LogP contribution in [-0.2, 0) is 14.3 Å². The molecule has 0 bridgehead atoms. The molecule has 5 atom stereocenters. The van der Waals surface area contributed by atoms with E-state index in [0.717, 1.165) is 25.7 Å². The van der Waals surface area contributed by atoms with Crippen molar-refractivity contribution in [2.45, 2.75) is 97.0 Å². The molecule has 0 spiro atoms. The van der Waals surface area contributed by atoms with Crippen LogP contribution in [0.25, 0.3) is 10.5 Å². The van der Waals surface area contributed by atoms with E-state index in [1.54, 1.807) is 11.8 Å². The number of aromatic amines is 1. The number of carbonyl (C=O) groups excluding carboxylic acids is 3. The van der Waals surface area contributed by atoms with Crippen LogP contribution < -0.4 is 10.1 Å². The van der Waals surface area contributed by atoms with Gasteiger partial charge in [-0.25, -0.2) is 23.9 Å². The monoisotopic (exact) mass is 656 g/mol. The molecule has 5 rings (SSSR count). The molecular formula is C33H48N6O6S. The Kier molecular flexibility index (Phi) is 10.3. The van der Waals surface area contributed by atoms with Crippen molar-refractivity contribution in [2.24, 2.45) is 23.2 Å². The predicted octanol–water partition coefficient (Wildman–Crippen LogP) is 5.80. The Morgan fingerprint density at radius 3 is 2.37 bits per heavy atom. The lowest BCUT2D eigenvalue weighted by Gasteiger charge is -2.37. The quantitative estimate of drug-likeness (QED) is 0.295. The highest BCUT2D eigenvalue weighted by molar-refractivity contribution is 7.99. The van der Waals surface area contributed by atoms with E-state index in [-0.39, 0.29) is 63.8 Å². The predicted molar refractivity (Wildman–Crippen MR) is 175 cm³/mol. The summed E-state index contributed by atoms with van der Waals surface area (Å²) in [6.07, 6.45) is 5.36. The third-order valence-corrected chi connectivity index (χ3v) is 10.9. The number of aromatic nitrogens is 3. The summed E-state index contributed by atoms with van der Waals surface area (Å²) in [6, 6.07) is -0.0662. The first-order chi connectivity index (χ1) is 21.8. The molecule has 1 saturated heterocycles. The van der Waals surface area contributed by atoms with Crippen molar-refractivity contribution in [2.75, 3.05) is 32.6 Å². The zero-order valence-corrected chi connectivity index (χ0v) is 28.9. The molecule has 0 aromatic carbocycles. The van der Waals surface area contributed by atoms with Crippen LogP contribution in [0.5, 0.6) is 5.88 Å². The second kappa shape index (κ2) is 13.9. The number of morpholine rings is 1. The van der Waals surface area contributed by atoms with Crippen molar-refractivity contribution in [3.8, 4) is 5.88 Å².